The predicted molar refractivity (Wildman–Crippen MR) is 59.5 cm³/mol. The van der Waals surface area contributed by atoms with Gasteiger partial charge in [-0.3, -0.25) is 4.79 Å². The van der Waals surface area contributed by atoms with Gasteiger partial charge in [-0.25, -0.2) is 0 Å². The Kier molecular flexibility index (Phi) is 3.46. The highest BCUT2D eigenvalue weighted by Crippen LogP contribution is 2.48. The van der Waals surface area contributed by atoms with Crippen molar-refractivity contribution in [2.45, 2.75) is 40.0 Å². The van der Waals surface area contributed by atoms with Crippen molar-refractivity contribution >= 4 is 17.5 Å². The summed E-state index contributed by atoms with van der Waals surface area (Å²) in [5.74, 6) is 0.837. The fraction of sp³-hybridized carbons (Fsp3) is 0.909. The Morgan fingerprint density at radius 1 is 1.43 bits per heavy atom. The fourth-order valence-electron chi connectivity index (χ4n) is 1.43. The molecule has 1 saturated carbocycles. The van der Waals surface area contributed by atoms with Crippen LogP contribution in [0.4, 0.5) is 0 Å². The first kappa shape index (κ1) is 11.8. The summed E-state index contributed by atoms with van der Waals surface area (Å²) in [4.78, 5) is 11.6. The number of amides is 1. The minimum absolute atomic E-state index is 0.137. The van der Waals surface area contributed by atoms with Crippen molar-refractivity contribution in [1.29, 1.82) is 0 Å². The van der Waals surface area contributed by atoms with Gasteiger partial charge >= 0.3 is 0 Å². The zero-order valence-corrected chi connectivity index (χ0v) is 10.1. The van der Waals surface area contributed by atoms with E-state index < -0.39 is 0 Å². The van der Waals surface area contributed by atoms with Gasteiger partial charge in [0.15, 0.2) is 0 Å². The summed E-state index contributed by atoms with van der Waals surface area (Å²) in [7, 11) is 0. The molecular weight excluding hydrogens is 198 g/mol. The molecule has 1 fully saturated rings. The third-order valence-electron chi connectivity index (χ3n) is 2.89. The smallest absolute Gasteiger partial charge is 0.225 e. The van der Waals surface area contributed by atoms with Gasteiger partial charge in [-0.2, -0.15) is 0 Å². The van der Waals surface area contributed by atoms with Gasteiger partial charge in [0, 0.05) is 17.8 Å². The Morgan fingerprint density at radius 2 is 2.00 bits per heavy atom. The summed E-state index contributed by atoms with van der Waals surface area (Å²) in [6.45, 7) is 6.60. The van der Waals surface area contributed by atoms with Crippen LogP contribution in [0, 0.1) is 10.8 Å². The van der Waals surface area contributed by atoms with E-state index in [1.807, 2.05) is 20.8 Å². The van der Waals surface area contributed by atoms with Crippen molar-refractivity contribution in [2.75, 3.05) is 12.4 Å². The SMILES string of the molecule is CC(C)(C)C(=O)NCC1(CCCl)CC1. The quantitative estimate of drug-likeness (QED) is 0.721. The summed E-state index contributed by atoms with van der Waals surface area (Å²) in [6.07, 6.45) is 3.45. The van der Waals surface area contributed by atoms with Crippen LogP contribution >= 0.6 is 11.6 Å². The molecule has 0 spiro atoms. The summed E-state index contributed by atoms with van der Waals surface area (Å²) >= 11 is 5.72. The number of rotatable bonds is 4. The van der Waals surface area contributed by atoms with Gasteiger partial charge < -0.3 is 5.32 Å². The molecule has 0 aromatic carbocycles. The first-order chi connectivity index (χ1) is 6.40. The maximum atomic E-state index is 11.6. The van der Waals surface area contributed by atoms with E-state index in [4.69, 9.17) is 11.6 Å². The molecule has 0 bridgehead atoms. The Hall–Kier alpha value is -0.240. The highest BCUT2D eigenvalue weighted by Gasteiger charge is 2.42. The van der Waals surface area contributed by atoms with Crippen LogP contribution in [-0.2, 0) is 4.79 Å². The van der Waals surface area contributed by atoms with Crippen molar-refractivity contribution in [3.63, 3.8) is 0 Å². The molecule has 82 valence electrons. The van der Waals surface area contributed by atoms with Crippen molar-refractivity contribution < 1.29 is 4.79 Å². The molecule has 1 N–H and O–H groups in total. The average Bonchev–Trinajstić information content (AvgIpc) is 2.80. The van der Waals surface area contributed by atoms with Crippen LogP contribution in [0.3, 0.4) is 0 Å². The van der Waals surface area contributed by atoms with Crippen molar-refractivity contribution in [3.05, 3.63) is 0 Å². The minimum atomic E-state index is -0.281. The van der Waals surface area contributed by atoms with Crippen LogP contribution in [0.2, 0.25) is 0 Å². The highest BCUT2D eigenvalue weighted by molar-refractivity contribution is 6.17. The Morgan fingerprint density at radius 3 is 2.36 bits per heavy atom. The fourth-order valence-corrected chi connectivity index (χ4v) is 1.83. The summed E-state index contributed by atoms with van der Waals surface area (Å²) in [5, 5.41) is 3.01. The van der Waals surface area contributed by atoms with Gasteiger partial charge in [0.1, 0.15) is 0 Å². The van der Waals surface area contributed by atoms with E-state index in [9.17, 15) is 4.79 Å². The molecule has 0 heterocycles. The number of halogens is 1. The number of carbonyl (C=O) groups excluding carboxylic acids is 1. The lowest BCUT2D eigenvalue weighted by Gasteiger charge is -2.21. The molecule has 0 radical (unpaired) electrons. The molecule has 2 nitrogen and oxygen atoms in total. The molecule has 0 unspecified atom stereocenters. The van der Waals surface area contributed by atoms with Crippen LogP contribution < -0.4 is 5.32 Å². The van der Waals surface area contributed by atoms with E-state index in [1.54, 1.807) is 0 Å². The van der Waals surface area contributed by atoms with E-state index in [-0.39, 0.29) is 11.3 Å². The Balaban J connectivity index is 2.30. The second-order valence-corrected chi connectivity index (χ2v) is 5.75. The molecule has 1 aliphatic carbocycles. The standard InChI is InChI=1S/C11H20ClNO/c1-10(2,3)9(14)13-8-11(4-5-11)6-7-12/h4-8H2,1-3H3,(H,13,14). The summed E-state index contributed by atoms with van der Waals surface area (Å²) in [5.41, 5.74) is 0.0553. The van der Waals surface area contributed by atoms with Crippen LogP contribution in [0.1, 0.15) is 40.0 Å². The van der Waals surface area contributed by atoms with Gasteiger partial charge in [0.25, 0.3) is 0 Å². The van der Waals surface area contributed by atoms with Crippen molar-refractivity contribution in [3.8, 4) is 0 Å². The number of hydrogen-bond acceptors (Lipinski definition) is 1. The third kappa shape index (κ3) is 3.16. The zero-order chi connectivity index (χ0) is 10.8. The van der Waals surface area contributed by atoms with Crippen LogP contribution in [0.5, 0.6) is 0 Å². The van der Waals surface area contributed by atoms with E-state index in [1.165, 1.54) is 12.8 Å². The topological polar surface area (TPSA) is 29.1 Å². The average molecular weight is 218 g/mol. The molecule has 1 aliphatic rings. The monoisotopic (exact) mass is 217 g/mol. The predicted octanol–water partition coefficient (Wildman–Crippen LogP) is 2.56. The van der Waals surface area contributed by atoms with E-state index >= 15 is 0 Å². The van der Waals surface area contributed by atoms with E-state index in [0.717, 1.165) is 13.0 Å². The van der Waals surface area contributed by atoms with Crippen LogP contribution in [-0.4, -0.2) is 18.3 Å². The summed E-state index contributed by atoms with van der Waals surface area (Å²) in [6, 6.07) is 0. The summed E-state index contributed by atoms with van der Waals surface area (Å²) < 4.78 is 0. The maximum Gasteiger partial charge on any atom is 0.225 e. The zero-order valence-electron chi connectivity index (χ0n) is 9.32. The van der Waals surface area contributed by atoms with Gasteiger partial charge in [-0.15, -0.1) is 11.6 Å². The van der Waals surface area contributed by atoms with Crippen molar-refractivity contribution in [1.82, 2.24) is 5.32 Å². The van der Waals surface area contributed by atoms with Gasteiger partial charge in [-0.05, 0) is 24.7 Å². The maximum absolute atomic E-state index is 11.6. The molecule has 14 heavy (non-hydrogen) atoms. The van der Waals surface area contributed by atoms with Gasteiger partial charge in [0.05, 0.1) is 0 Å². The highest BCUT2D eigenvalue weighted by atomic mass is 35.5. The first-order valence-corrected chi connectivity index (χ1v) is 5.77. The number of alkyl halides is 1. The molecule has 0 atom stereocenters. The van der Waals surface area contributed by atoms with Gasteiger partial charge in [0.2, 0.25) is 5.91 Å². The molecule has 3 heteroatoms. The van der Waals surface area contributed by atoms with Crippen LogP contribution in [0.25, 0.3) is 0 Å². The number of carbonyl (C=O) groups is 1. The molecule has 1 amide bonds. The largest absolute Gasteiger partial charge is 0.355 e. The van der Waals surface area contributed by atoms with E-state index in [2.05, 4.69) is 5.32 Å². The normalized spacial score (nSPS) is 19.1. The second-order valence-electron chi connectivity index (χ2n) is 5.37. The number of nitrogens with one attached hydrogen (secondary N) is 1. The molecule has 0 aliphatic heterocycles. The molecule has 0 aromatic heterocycles. The number of hydrogen-bond donors (Lipinski definition) is 1. The lowest BCUT2D eigenvalue weighted by atomic mass is 9.95. The lowest BCUT2D eigenvalue weighted by molar-refractivity contribution is -0.128. The van der Waals surface area contributed by atoms with Gasteiger partial charge in [-0.1, -0.05) is 20.8 Å². The first-order valence-electron chi connectivity index (χ1n) is 5.24. The molecule has 1 rings (SSSR count). The molecule has 0 aromatic rings. The molecule has 0 saturated heterocycles. The molecular formula is C11H20ClNO. The Labute approximate surface area is 91.4 Å². The van der Waals surface area contributed by atoms with E-state index in [0.29, 0.717) is 11.3 Å². The minimum Gasteiger partial charge on any atom is -0.355 e. The van der Waals surface area contributed by atoms with Crippen LogP contribution in [0.15, 0.2) is 0 Å². The second kappa shape index (κ2) is 4.09. The van der Waals surface area contributed by atoms with Crippen molar-refractivity contribution in [2.24, 2.45) is 10.8 Å². The lowest BCUT2D eigenvalue weighted by Crippen LogP contribution is -2.38. The third-order valence-corrected chi connectivity index (χ3v) is 3.08. The Bertz CT molecular complexity index is 216.